The normalized spacial score (nSPS) is 13.2. The van der Waals surface area contributed by atoms with Crippen LogP contribution in [0.25, 0.3) is 0 Å². The van der Waals surface area contributed by atoms with Crippen LogP contribution in [-0.4, -0.2) is 36.1 Å². The molecule has 4 rings (SSSR count). The molecule has 264 valence electrons. The van der Waals surface area contributed by atoms with Crippen LogP contribution in [0, 0.1) is 5.82 Å². The van der Waals surface area contributed by atoms with Crippen molar-refractivity contribution in [2.45, 2.75) is 70.7 Å². The molecule has 0 amide bonds. The van der Waals surface area contributed by atoms with E-state index in [-0.39, 0.29) is 24.2 Å². The molecular formula is C37H45F3N2O5SSi. The van der Waals surface area contributed by atoms with Crippen LogP contribution in [0.1, 0.15) is 55.2 Å². The highest BCUT2D eigenvalue weighted by Crippen LogP contribution is 2.35. The van der Waals surface area contributed by atoms with Crippen LogP contribution in [0.5, 0.6) is 11.5 Å². The van der Waals surface area contributed by atoms with Crippen molar-refractivity contribution in [1.82, 2.24) is 5.32 Å². The lowest BCUT2D eigenvalue weighted by atomic mass is 9.98. The van der Waals surface area contributed by atoms with Crippen molar-refractivity contribution in [3.05, 3.63) is 125 Å². The lowest BCUT2D eigenvalue weighted by molar-refractivity contribution is -0.0498. The number of hydrogen-bond donors (Lipinski definition) is 2. The highest BCUT2D eigenvalue weighted by Gasteiger charge is 2.33. The molecule has 7 nitrogen and oxygen atoms in total. The highest BCUT2D eigenvalue weighted by atomic mass is 32.2. The Morgan fingerprint density at radius 1 is 0.796 bits per heavy atom. The minimum Gasteiger partial charge on any atom is -0.487 e. The largest absolute Gasteiger partial charge is 0.487 e. The molecule has 0 aliphatic carbocycles. The molecule has 49 heavy (non-hydrogen) atoms. The van der Waals surface area contributed by atoms with E-state index in [4.69, 9.17) is 9.16 Å². The van der Waals surface area contributed by atoms with Crippen molar-refractivity contribution in [3.8, 4) is 11.5 Å². The van der Waals surface area contributed by atoms with Gasteiger partial charge < -0.3 is 19.2 Å². The molecule has 2 N–H and O–H groups in total. The molecule has 2 atom stereocenters. The summed E-state index contributed by atoms with van der Waals surface area (Å²) in [6.07, 6.45) is 1.11. The number of anilines is 1. The predicted octanol–water partition coefficient (Wildman–Crippen LogP) is 9.01. The molecule has 0 bridgehead atoms. The van der Waals surface area contributed by atoms with E-state index in [9.17, 15) is 21.6 Å². The van der Waals surface area contributed by atoms with Gasteiger partial charge >= 0.3 is 6.61 Å². The number of ether oxygens (including phenoxy) is 2. The molecule has 0 aliphatic rings. The Kier molecular flexibility index (Phi) is 13.7. The van der Waals surface area contributed by atoms with Crippen molar-refractivity contribution in [3.63, 3.8) is 0 Å². The van der Waals surface area contributed by atoms with Crippen molar-refractivity contribution in [2.75, 3.05) is 17.5 Å². The van der Waals surface area contributed by atoms with Crippen LogP contribution in [0.4, 0.5) is 18.9 Å². The average Bonchev–Trinajstić information content (AvgIpc) is 3.08. The van der Waals surface area contributed by atoms with Crippen molar-refractivity contribution >= 4 is 24.0 Å². The Labute approximate surface area is 289 Å². The Hall–Kier alpha value is -3.84. The van der Waals surface area contributed by atoms with E-state index in [1.54, 1.807) is 36.4 Å². The molecule has 0 saturated heterocycles. The van der Waals surface area contributed by atoms with Gasteiger partial charge in [0.2, 0.25) is 10.0 Å². The standard InChI is InChI=1S/C37H45F3N2O5SSi/c1-5-49(6-2,7-3)47-36(30-17-22-35(34(24-30)42-48(4,43)44)45-26-28-11-9-8-10-12-28)25-41-33(23-27-13-18-31(38)19-14-27)29-15-20-32(21-16-29)46-37(39)40/h8-22,24,33,36-37,41-42H,5-7,23,25-26H2,1-4H3. The summed E-state index contributed by atoms with van der Waals surface area (Å²) >= 11 is 0. The van der Waals surface area contributed by atoms with Gasteiger partial charge in [0.15, 0.2) is 8.32 Å². The van der Waals surface area contributed by atoms with E-state index in [2.05, 4.69) is 35.5 Å². The summed E-state index contributed by atoms with van der Waals surface area (Å²) in [5.74, 6) is 0.0884. The van der Waals surface area contributed by atoms with Gasteiger partial charge in [-0.15, -0.1) is 0 Å². The number of rotatable bonds is 19. The zero-order valence-electron chi connectivity index (χ0n) is 28.3. The quantitative estimate of drug-likeness (QED) is 0.0944. The highest BCUT2D eigenvalue weighted by molar-refractivity contribution is 7.92. The van der Waals surface area contributed by atoms with E-state index in [0.717, 1.165) is 46.6 Å². The molecule has 0 heterocycles. The van der Waals surface area contributed by atoms with Gasteiger partial charge in [0, 0.05) is 12.6 Å². The number of nitrogens with one attached hydrogen (secondary N) is 2. The first kappa shape index (κ1) is 38.0. The SMILES string of the molecule is CC[Si](CC)(CC)OC(CNC(Cc1ccc(F)cc1)c1ccc(OC(F)F)cc1)c1ccc(OCc2ccccc2)c(NS(C)(=O)=O)c1. The van der Waals surface area contributed by atoms with E-state index < -0.39 is 31.1 Å². The van der Waals surface area contributed by atoms with Crippen LogP contribution in [0.2, 0.25) is 18.1 Å². The van der Waals surface area contributed by atoms with Gasteiger partial charge in [0.1, 0.15) is 23.9 Å². The third-order valence-corrected chi connectivity index (χ3v) is 13.9. The molecule has 0 radical (unpaired) electrons. The second kappa shape index (κ2) is 17.7. The summed E-state index contributed by atoms with van der Waals surface area (Å²) in [7, 11) is -5.84. The summed E-state index contributed by atoms with van der Waals surface area (Å²) in [6, 6.07) is 30.1. The first-order valence-corrected chi connectivity index (χ1v) is 20.8. The van der Waals surface area contributed by atoms with E-state index in [1.807, 2.05) is 36.4 Å². The zero-order chi connectivity index (χ0) is 35.4. The second-order valence-corrected chi connectivity index (χ2v) is 18.5. The van der Waals surface area contributed by atoms with Gasteiger partial charge in [0.25, 0.3) is 0 Å². The first-order valence-electron chi connectivity index (χ1n) is 16.4. The van der Waals surface area contributed by atoms with Gasteiger partial charge in [-0.3, -0.25) is 4.72 Å². The fourth-order valence-electron chi connectivity index (χ4n) is 5.71. The van der Waals surface area contributed by atoms with Gasteiger partial charge in [-0.2, -0.15) is 8.78 Å². The van der Waals surface area contributed by atoms with Gasteiger partial charge in [-0.1, -0.05) is 81.4 Å². The maximum atomic E-state index is 13.7. The van der Waals surface area contributed by atoms with E-state index in [0.29, 0.717) is 24.4 Å². The smallest absolute Gasteiger partial charge is 0.387 e. The molecule has 0 spiro atoms. The monoisotopic (exact) mass is 714 g/mol. The second-order valence-electron chi connectivity index (χ2n) is 12.0. The number of hydrogen-bond acceptors (Lipinski definition) is 6. The minimum absolute atomic E-state index is 0.0468. The topological polar surface area (TPSA) is 85.9 Å². The lowest BCUT2D eigenvalue weighted by Gasteiger charge is -2.35. The molecule has 0 aliphatic heterocycles. The fourth-order valence-corrected chi connectivity index (χ4v) is 9.09. The molecule has 2 unspecified atom stereocenters. The van der Waals surface area contributed by atoms with Crippen molar-refractivity contribution in [2.24, 2.45) is 0 Å². The first-order chi connectivity index (χ1) is 23.4. The Morgan fingerprint density at radius 3 is 2.02 bits per heavy atom. The van der Waals surface area contributed by atoms with Gasteiger partial charge in [-0.05, 0) is 83.2 Å². The molecule has 0 aromatic heterocycles. The number of alkyl halides is 2. The van der Waals surface area contributed by atoms with Crippen LogP contribution in [0.15, 0.2) is 97.1 Å². The van der Waals surface area contributed by atoms with Gasteiger partial charge in [0.05, 0.1) is 18.0 Å². The maximum Gasteiger partial charge on any atom is 0.387 e. The molecule has 12 heteroatoms. The Morgan fingerprint density at radius 2 is 1.43 bits per heavy atom. The summed E-state index contributed by atoms with van der Waals surface area (Å²) in [6.45, 7) is 4.08. The lowest BCUT2D eigenvalue weighted by Crippen LogP contribution is -2.40. The minimum atomic E-state index is -3.65. The predicted molar refractivity (Wildman–Crippen MR) is 191 cm³/mol. The Balaban J connectivity index is 1.69. The molecule has 4 aromatic rings. The van der Waals surface area contributed by atoms with Crippen LogP contribution in [-0.2, 0) is 27.5 Å². The summed E-state index contributed by atoms with van der Waals surface area (Å²) in [5.41, 5.74) is 3.70. The number of sulfonamides is 1. The van der Waals surface area contributed by atoms with E-state index >= 15 is 0 Å². The Bertz CT molecular complexity index is 1700. The molecule has 0 fully saturated rings. The summed E-state index contributed by atoms with van der Waals surface area (Å²) < 4.78 is 84.6. The average molecular weight is 715 g/mol. The van der Waals surface area contributed by atoms with Crippen molar-refractivity contribution in [1.29, 1.82) is 0 Å². The maximum absolute atomic E-state index is 13.7. The molecule has 4 aromatic carbocycles. The van der Waals surface area contributed by atoms with Crippen LogP contribution >= 0.6 is 0 Å². The fraction of sp³-hybridized carbons (Fsp3) is 0.351. The zero-order valence-corrected chi connectivity index (χ0v) is 30.1. The van der Waals surface area contributed by atoms with Crippen LogP contribution in [0.3, 0.4) is 0 Å². The third kappa shape index (κ3) is 11.6. The van der Waals surface area contributed by atoms with Gasteiger partial charge in [-0.25, -0.2) is 12.8 Å². The molecular weight excluding hydrogens is 670 g/mol. The van der Waals surface area contributed by atoms with E-state index in [1.165, 1.54) is 24.3 Å². The van der Waals surface area contributed by atoms with Crippen LogP contribution < -0.4 is 19.5 Å². The third-order valence-electron chi connectivity index (χ3n) is 8.64. The summed E-state index contributed by atoms with van der Waals surface area (Å²) in [4.78, 5) is 0. The summed E-state index contributed by atoms with van der Waals surface area (Å²) in [5, 5.41) is 3.63. The number of benzene rings is 4. The van der Waals surface area contributed by atoms with Crippen molar-refractivity contribution < 1.29 is 35.5 Å². The molecule has 0 saturated carbocycles. The number of halogens is 3.